The number of piperazine rings is 1. The van der Waals surface area contributed by atoms with Gasteiger partial charge in [-0.3, -0.25) is 9.69 Å². The lowest BCUT2D eigenvalue weighted by molar-refractivity contribution is 0.179. The lowest BCUT2D eigenvalue weighted by Crippen LogP contribution is -2.45. The maximum Gasteiger partial charge on any atom is 0.258 e. The molecule has 1 aliphatic heterocycles. The molecule has 2 N–H and O–H groups in total. The molecule has 1 atom stereocenters. The number of hydrogen-bond acceptors (Lipinski definition) is 4. The van der Waals surface area contributed by atoms with E-state index in [1.54, 1.807) is 6.07 Å². The fourth-order valence-corrected chi connectivity index (χ4v) is 2.54. The van der Waals surface area contributed by atoms with Crippen molar-refractivity contribution >= 4 is 35.7 Å². The molecule has 116 valence electrons. The number of H-pyrrole nitrogens is 1. The maximum atomic E-state index is 12.1. The summed E-state index contributed by atoms with van der Waals surface area (Å²) in [7, 11) is 0. The normalized spacial score (nSPS) is 16.8. The highest BCUT2D eigenvalue weighted by Crippen LogP contribution is 2.17. The maximum absolute atomic E-state index is 12.1. The molecule has 5 nitrogen and oxygen atoms in total. The molecular weight excluding hydrogens is 311 g/mol. The number of rotatable bonds is 2. The fourth-order valence-electron chi connectivity index (χ4n) is 2.54. The zero-order valence-electron chi connectivity index (χ0n) is 11.8. The number of aromatic nitrogens is 2. The molecular formula is C14H20Cl2N4O. The molecule has 1 unspecified atom stereocenters. The summed E-state index contributed by atoms with van der Waals surface area (Å²) in [6.45, 7) is 6.04. The number of fused-ring (bicyclic) bond motifs is 1. The van der Waals surface area contributed by atoms with Gasteiger partial charge in [-0.05, 0) is 19.1 Å². The van der Waals surface area contributed by atoms with Crippen molar-refractivity contribution in [3.05, 3.63) is 40.4 Å². The molecule has 21 heavy (non-hydrogen) atoms. The Labute approximate surface area is 136 Å². The molecule has 2 heterocycles. The fraction of sp³-hybridized carbons (Fsp3) is 0.429. The number of aromatic amines is 1. The first-order valence-corrected chi connectivity index (χ1v) is 6.69. The van der Waals surface area contributed by atoms with Gasteiger partial charge < -0.3 is 10.3 Å². The van der Waals surface area contributed by atoms with Gasteiger partial charge in [0, 0.05) is 26.2 Å². The van der Waals surface area contributed by atoms with Crippen LogP contribution < -0.4 is 10.9 Å². The molecule has 7 heteroatoms. The molecule has 1 fully saturated rings. The Morgan fingerprint density at radius 3 is 2.57 bits per heavy atom. The largest absolute Gasteiger partial charge is 0.314 e. The second kappa shape index (κ2) is 7.75. The Morgan fingerprint density at radius 1 is 1.19 bits per heavy atom. The zero-order valence-corrected chi connectivity index (χ0v) is 13.5. The summed E-state index contributed by atoms with van der Waals surface area (Å²) >= 11 is 0. The Bertz CT molecular complexity index is 640. The Balaban J connectivity index is 0.00000110. The number of nitrogens with one attached hydrogen (secondary N) is 2. The summed E-state index contributed by atoms with van der Waals surface area (Å²) in [6.07, 6.45) is 0. The van der Waals surface area contributed by atoms with Crippen LogP contribution in [0.2, 0.25) is 0 Å². The van der Waals surface area contributed by atoms with E-state index in [4.69, 9.17) is 0 Å². The van der Waals surface area contributed by atoms with Crippen LogP contribution in [0.5, 0.6) is 0 Å². The average molecular weight is 331 g/mol. The van der Waals surface area contributed by atoms with Crippen LogP contribution in [0.1, 0.15) is 18.8 Å². The Morgan fingerprint density at radius 2 is 1.86 bits per heavy atom. The number of benzene rings is 1. The summed E-state index contributed by atoms with van der Waals surface area (Å²) < 4.78 is 0. The van der Waals surface area contributed by atoms with Crippen molar-refractivity contribution in [3.8, 4) is 0 Å². The third-order valence-corrected chi connectivity index (χ3v) is 3.73. The van der Waals surface area contributed by atoms with Gasteiger partial charge in [0.1, 0.15) is 5.82 Å². The predicted octanol–water partition coefficient (Wildman–Crippen LogP) is 1.73. The molecule has 0 bridgehead atoms. The van der Waals surface area contributed by atoms with Crippen LogP contribution in [-0.2, 0) is 0 Å². The van der Waals surface area contributed by atoms with Crippen LogP contribution in [0.25, 0.3) is 10.9 Å². The van der Waals surface area contributed by atoms with E-state index in [-0.39, 0.29) is 36.4 Å². The van der Waals surface area contributed by atoms with Gasteiger partial charge in [0.2, 0.25) is 0 Å². The summed E-state index contributed by atoms with van der Waals surface area (Å²) in [5, 5.41) is 3.98. The molecule has 0 radical (unpaired) electrons. The minimum atomic E-state index is -0.0532. The number of halogens is 2. The van der Waals surface area contributed by atoms with Crippen LogP contribution in [0, 0.1) is 0 Å². The molecule has 0 amide bonds. The van der Waals surface area contributed by atoms with Gasteiger partial charge >= 0.3 is 0 Å². The summed E-state index contributed by atoms with van der Waals surface area (Å²) in [5.41, 5.74) is 0.714. The smallest absolute Gasteiger partial charge is 0.258 e. The highest BCUT2D eigenvalue weighted by Gasteiger charge is 2.20. The van der Waals surface area contributed by atoms with E-state index >= 15 is 0 Å². The monoisotopic (exact) mass is 330 g/mol. The zero-order chi connectivity index (χ0) is 13.2. The highest BCUT2D eigenvalue weighted by atomic mass is 35.5. The number of hydrogen-bond donors (Lipinski definition) is 2. The molecule has 1 saturated heterocycles. The summed E-state index contributed by atoms with van der Waals surface area (Å²) in [4.78, 5) is 21.9. The van der Waals surface area contributed by atoms with E-state index in [9.17, 15) is 4.79 Å². The first-order valence-electron chi connectivity index (χ1n) is 6.69. The van der Waals surface area contributed by atoms with Gasteiger partial charge in [-0.15, -0.1) is 24.8 Å². The van der Waals surface area contributed by atoms with Gasteiger partial charge in [-0.25, -0.2) is 4.98 Å². The molecule has 2 aromatic rings. The lowest BCUT2D eigenvalue weighted by Gasteiger charge is -2.32. The number of para-hydroxylation sites is 1. The quantitative estimate of drug-likeness (QED) is 0.880. The van der Waals surface area contributed by atoms with E-state index in [1.807, 2.05) is 18.2 Å². The van der Waals surface area contributed by atoms with Gasteiger partial charge in [-0.2, -0.15) is 0 Å². The third kappa shape index (κ3) is 3.74. The molecule has 0 saturated carbocycles. The molecule has 3 rings (SSSR count). The highest BCUT2D eigenvalue weighted by molar-refractivity contribution is 5.85. The number of nitrogens with zero attached hydrogens (tertiary/aromatic N) is 2. The van der Waals surface area contributed by atoms with Crippen LogP contribution in [-0.4, -0.2) is 41.0 Å². The van der Waals surface area contributed by atoms with Crippen molar-refractivity contribution in [1.29, 1.82) is 0 Å². The van der Waals surface area contributed by atoms with Crippen LogP contribution >= 0.6 is 24.8 Å². The third-order valence-electron chi connectivity index (χ3n) is 3.73. The van der Waals surface area contributed by atoms with Crippen molar-refractivity contribution in [1.82, 2.24) is 20.2 Å². The van der Waals surface area contributed by atoms with Crippen molar-refractivity contribution in [2.24, 2.45) is 0 Å². The van der Waals surface area contributed by atoms with E-state index < -0.39 is 0 Å². The van der Waals surface area contributed by atoms with E-state index in [0.29, 0.717) is 5.39 Å². The average Bonchev–Trinajstić information content (AvgIpc) is 2.47. The van der Waals surface area contributed by atoms with E-state index in [2.05, 4.69) is 27.1 Å². The predicted molar refractivity (Wildman–Crippen MR) is 89.7 cm³/mol. The first-order chi connectivity index (χ1) is 9.25. The van der Waals surface area contributed by atoms with Crippen molar-refractivity contribution in [2.75, 3.05) is 26.2 Å². The molecule has 1 aromatic heterocycles. The Hall–Kier alpha value is -1.14. The van der Waals surface area contributed by atoms with E-state index in [0.717, 1.165) is 37.5 Å². The van der Waals surface area contributed by atoms with Gasteiger partial charge in [-0.1, -0.05) is 12.1 Å². The topological polar surface area (TPSA) is 61.0 Å². The minimum Gasteiger partial charge on any atom is -0.314 e. The SMILES string of the molecule is CC(c1nc2ccccc2c(=O)[nH]1)N1CCNCC1.Cl.Cl. The van der Waals surface area contributed by atoms with Gasteiger partial charge in [0.25, 0.3) is 5.56 Å². The molecule has 1 aliphatic rings. The Kier molecular flexibility index (Phi) is 6.61. The minimum absolute atomic E-state index is 0. The van der Waals surface area contributed by atoms with Crippen molar-refractivity contribution in [2.45, 2.75) is 13.0 Å². The molecule has 0 spiro atoms. The van der Waals surface area contributed by atoms with Crippen LogP contribution in [0.4, 0.5) is 0 Å². The van der Waals surface area contributed by atoms with Crippen LogP contribution in [0.15, 0.2) is 29.1 Å². The van der Waals surface area contributed by atoms with Crippen molar-refractivity contribution < 1.29 is 0 Å². The van der Waals surface area contributed by atoms with E-state index in [1.165, 1.54) is 0 Å². The standard InChI is InChI=1S/C14H18N4O.2ClH/c1-10(18-8-6-15-7-9-18)13-16-12-5-3-2-4-11(12)14(19)17-13;;/h2-5,10,15H,6-9H2,1H3,(H,16,17,19);2*1H. The molecule has 1 aromatic carbocycles. The first kappa shape index (κ1) is 17.9. The second-order valence-corrected chi connectivity index (χ2v) is 4.93. The lowest BCUT2D eigenvalue weighted by atomic mass is 10.2. The van der Waals surface area contributed by atoms with Crippen molar-refractivity contribution in [3.63, 3.8) is 0 Å². The second-order valence-electron chi connectivity index (χ2n) is 4.93. The van der Waals surface area contributed by atoms with Crippen LogP contribution in [0.3, 0.4) is 0 Å². The summed E-state index contributed by atoms with van der Waals surface area (Å²) in [5.74, 6) is 0.755. The summed E-state index contributed by atoms with van der Waals surface area (Å²) in [6, 6.07) is 7.60. The van der Waals surface area contributed by atoms with Gasteiger partial charge in [0.15, 0.2) is 0 Å². The van der Waals surface area contributed by atoms with Gasteiger partial charge in [0.05, 0.1) is 16.9 Å². The molecule has 0 aliphatic carbocycles.